The molecule has 3 N–H and O–H groups in total. The van der Waals surface area contributed by atoms with Gasteiger partial charge >= 0.3 is 0 Å². The van der Waals surface area contributed by atoms with Gasteiger partial charge in [-0.25, -0.2) is 0 Å². The molecule has 2 heterocycles. The first-order chi connectivity index (χ1) is 10.8. The monoisotopic (exact) mass is 325 g/mol. The average Bonchev–Trinajstić information content (AvgIpc) is 3.08. The summed E-state index contributed by atoms with van der Waals surface area (Å²) in [6, 6.07) is 15.4. The Kier molecular flexibility index (Phi) is 4.02. The molecule has 0 fully saturated rings. The molecular formula is C16H11N3OS2. The molecular weight excluding hydrogens is 314 g/mol. The van der Waals surface area contributed by atoms with E-state index >= 15 is 0 Å². The second-order valence-corrected chi connectivity index (χ2v) is 5.88. The summed E-state index contributed by atoms with van der Waals surface area (Å²) < 4.78 is 0.351. The van der Waals surface area contributed by atoms with Gasteiger partial charge in [-0.1, -0.05) is 48.6 Å². The zero-order valence-corrected chi connectivity index (χ0v) is 13.0. The van der Waals surface area contributed by atoms with Crippen molar-refractivity contribution in [2.45, 2.75) is 0 Å². The Morgan fingerprint density at radius 2 is 1.95 bits per heavy atom. The van der Waals surface area contributed by atoms with E-state index in [1.807, 2.05) is 47.8 Å². The summed E-state index contributed by atoms with van der Waals surface area (Å²) in [5.41, 5.74) is 5.15. The van der Waals surface area contributed by atoms with Crippen LogP contribution in [0.5, 0.6) is 0 Å². The molecule has 0 aliphatic carbocycles. The van der Waals surface area contributed by atoms with E-state index in [0.29, 0.717) is 27.1 Å². The van der Waals surface area contributed by atoms with E-state index in [2.05, 4.69) is 16.5 Å². The Morgan fingerprint density at radius 3 is 2.55 bits per heavy atom. The van der Waals surface area contributed by atoms with Crippen LogP contribution in [0.25, 0.3) is 21.7 Å². The number of hydrogen-bond donors (Lipinski definition) is 3. The number of nitrogens with zero attached hydrogens (tertiary/aromatic N) is 1. The third-order valence-electron chi connectivity index (χ3n) is 3.27. The van der Waals surface area contributed by atoms with Crippen molar-refractivity contribution >= 4 is 29.2 Å². The Labute approximate surface area is 136 Å². The van der Waals surface area contributed by atoms with Crippen LogP contribution in [0.4, 0.5) is 5.69 Å². The Bertz CT molecular complexity index is 894. The lowest BCUT2D eigenvalue weighted by Crippen LogP contribution is -2.01. The Hall–Kier alpha value is -2.46. The summed E-state index contributed by atoms with van der Waals surface area (Å²) in [6.07, 6.45) is 0. The summed E-state index contributed by atoms with van der Waals surface area (Å²) in [4.78, 5) is 3.91. The van der Waals surface area contributed by atoms with Gasteiger partial charge in [-0.3, -0.25) is 10.7 Å². The van der Waals surface area contributed by atoms with Crippen molar-refractivity contribution < 1.29 is 5.21 Å². The van der Waals surface area contributed by atoms with Crippen molar-refractivity contribution in [1.82, 2.24) is 4.98 Å². The number of aromatic nitrogens is 1. The number of thiophene rings is 1. The van der Waals surface area contributed by atoms with Crippen LogP contribution in [0.3, 0.4) is 0 Å². The summed E-state index contributed by atoms with van der Waals surface area (Å²) in [7, 11) is 0. The van der Waals surface area contributed by atoms with Gasteiger partial charge in [-0.05, 0) is 11.4 Å². The molecule has 2 aromatic heterocycles. The molecule has 0 aliphatic heterocycles. The van der Waals surface area contributed by atoms with Crippen LogP contribution in [0.1, 0.15) is 5.56 Å². The Morgan fingerprint density at radius 1 is 1.18 bits per heavy atom. The molecule has 1 aromatic carbocycles. The minimum absolute atomic E-state index is 0.341. The van der Waals surface area contributed by atoms with Gasteiger partial charge in [0.25, 0.3) is 0 Å². The first kappa shape index (κ1) is 14.5. The number of aromatic amines is 1. The highest BCUT2D eigenvalue weighted by molar-refractivity contribution is 7.71. The maximum atomic E-state index is 9.66. The molecule has 0 amide bonds. The van der Waals surface area contributed by atoms with Gasteiger partial charge in [0, 0.05) is 16.0 Å². The molecule has 3 rings (SSSR count). The predicted molar refractivity (Wildman–Crippen MR) is 90.5 cm³/mol. The zero-order valence-electron chi connectivity index (χ0n) is 11.3. The minimum Gasteiger partial charge on any atom is -0.343 e. The molecule has 0 aliphatic rings. The lowest BCUT2D eigenvalue weighted by molar-refractivity contribution is 0.389. The van der Waals surface area contributed by atoms with E-state index in [9.17, 15) is 10.5 Å². The summed E-state index contributed by atoms with van der Waals surface area (Å²) >= 11 is 6.81. The predicted octanol–water partition coefficient (Wildman–Crippen LogP) is 4.81. The van der Waals surface area contributed by atoms with Crippen molar-refractivity contribution in [3.8, 4) is 27.8 Å². The summed E-state index contributed by atoms with van der Waals surface area (Å²) in [5, 5.41) is 21.0. The number of H-pyrrole nitrogens is 1. The van der Waals surface area contributed by atoms with Crippen LogP contribution in [-0.2, 0) is 0 Å². The fourth-order valence-electron chi connectivity index (χ4n) is 2.31. The van der Waals surface area contributed by atoms with E-state index in [1.165, 1.54) is 11.3 Å². The molecule has 0 spiro atoms. The maximum Gasteiger partial charge on any atom is 0.122 e. The van der Waals surface area contributed by atoms with Gasteiger partial charge in [-0.2, -0.15) is 5.26 Å². The number of benzene rings is 1. The van der Waals surface area contributed by atoms with E-state index in [0.717, 1.165) is 10.4 Å². The standard InChI is InChI=1S/C16H11N3OS2/c17-9-11-13(12-7-4-8-22-12)15(19-20)14(18-16(11)21)10-5-2-1-3-6-10/h1-8,19-20H,(H,18,21). The molecule has 4 nitrogen and oxygen atoms in total. The van der Waals surface area contributed by atoms with Crippen LogP contribution < -0.4 is 5.48 Å². The van der Waals surface area contributed by atoms with Crippen molar-refractivity contribution in [2.24, 2.45) is 0 Å². The van der Waals surface area contributed by atoms with Crippen molar-refractivity contribution in [3.05, 3.63) is 58.0 Å². The molecule has 0 radical (unpaired) electrons. The van der Waals surface area contributed by atoms with E-state index in [-0.39, 0.29) is 0 Å². The number of pyridine rings is 1. The van der Waals surface area contributed by atoms with Crippen LogP contribution in [0.15, 0.2) is 47.8 Å². The summed E-state index contributed by atoms with van der Waals surface area (Å²) in [5.74, 6) is 0. The normalized spacial score (nSPS) is 10.2. The molecule has 0 saturated carbocycles. The van der Waals surface area contributed by atoms with Crippen LogP contribution in [0, 0.1) is 16.0 Å². The number of nitrogens with one attached hydrogen (secondary N) is 2. The number of rotatable bonds is 3. The second kappa shape index (κ2) is 6.12. The first-order valence-corrected chi connectivity index (χ1v) is 7.75. The van der Waals surface area contributed by atoms with Crippen molar-refractivity contribution in [1.29, 1.82) is 5.26 Å². The fourth-order valence-corrected chi connectivity index (χ4v) is 3.34. The highest BCUT2D eigenvalue weighted by Gasteiger charge is 2.19. The zero-order chi connectivity index (χ0) is 15.5. The van der Waals surface area contributed by atoms with Crippen LogP contribution in [0.2, 0.25) is 0 Å². The van der Waals surface area contributed by atoms with Gasteiger partial charge in [0.1, 0.15) is 10.7 Å². The van der Waals surface area contributed by atoms with Crippen LogP contribution in [-0.4, -0.2) is 10.2 Å². The number of nitriles is 1. The van der Waals surface area contributed by atoms with Gasteiger partial charge in [0.05, 0.1) is 16.9 Å². The minimum atomic E-state index is 0.341. The van der Waals surface area contributed by atoms with Gasteiger partial charge in [0.15, 0.2) is 0 Å². The van der Waals surface area contributed by atoms with Gasteiger partial charge in [-0.15, -0.1) is 11.3 Å². The molecule has 3 aromatic rings. The smallest absolute Gasteiger partial charge is 0.122 e. The van der Waals surface area contributed by atoms with Gasteiger partial charge in [0.2, 0.25) is 0 Å². The topological polar surface area (TPSA) is 71.8 Å². The molecule has 0 unspecified atom stereocenters. The number of hydrogen-bond acceptors (Lipinski definition) is 5. The first-order valence-electron chi connectivity index (χ1n) is 6.46. The lowest BCUT2D eigenvalue weighted by atomic mass is 10.0. The SMILES string of the molecule is N#Cc1c(-c2cccs2)c(NO)c(-c2ccccc2)[nH]c1=S. The third-order valence-corrected chi connectivity index (χ3v) is 4.46. The molecule has 0 atom stereocenters. The van der Waals surface area contributed by atoms with E-state index in [4.69, 9.17) is 12.2 Å². The summed E-state index contributed by atoms with van der Waals surface area (Å²) in [6.45, 7) is 0. The van der Waals surface area contributed by atoms with Gasteiger partial charge < -0.3 is 4.98 Å². The largest absolute Gasteiger partial charge is 0.343 e. The highest BCUT2D eigenvalue weighted by Crippen LogP contribution is 2.39. The van der Waals surface area contributed by atoms with Crippen molar-refractivity contribution in [3.63, 3.8) is 0 Å². The number of anilines is 1. The lowest BCUT2D eigenvalue weighted by Gasteiger charge is -2.15. The second-order valence-electron chi connectivity index (χ2n) is 4.52. The van der Waals surface area contributed by atoms with Crippen molar-refractivity contribution in [2.75, 3.05) is 5.48 Å². The molecule has 22 heavy (non-hydrogen) atoms. The molecule has 108 valence electrons. The fraction of sp³-hybridized carbons (Fsp3) is 0. The molecule has 0 saturated heterocycles. The molecule has 0 bridgehead atoms. The molecule has 6 heteroatoms. The average molecular weight is 325 g/mol. The third kappa shape index (κ3) is 2.42. The highest BCUT2D eigenvalue weighted by atomic mass is 32.1. The van der Waals surface area contributed by atoms with Crippen LogP contribution >= 0.6 is 23.6 Å². The Balaban J connectivity index is 2.40. The van der Waals surface area contributed by atoms with E-state index < -0.39 is 0 Å². The quantitative estimate of drug-likeness (QED) is 0.477. The van der Waals surface area contributed by atoms with E-state index in [1.54, 1.807) is 0 Å². The maximum absolute atomic E-state index is 9.66.